The van der Waals surface area contributed by atoms with Crippen LogP contribution in [-0.2, 0) is 16.0 Å². The van der Waals surface area contributed by atoms with Crippen LogP contribution >= 0.6 is 0 Å². The molecule has 4 aromatic rings. The van der Waals surface area contributed by atoms with E-state index in [4.69, 9.17) is 4.74 Å². The summed E-state index contributed by atoms with van der Waals surface area (Å²) in [6.07, 6.45) is 5.85. The van der Waals surface area contributed by atoms with Gasteiger partial charge in [0.25, 0.3) is 5.69 Å². The zero-order valence-corrected chi connectivity index (χ0v) is 18.1. The van der Waals surface area contributed by atoms with Gasteiger partial charge >= 0.3 is 17.5 Å². The van der Waals surface area contributed by atoms with Gasteiger partial charge in [0, 0.05) is 37.1 Å². The van der Waals surface area contributed by atoms with Gasteiger partial charge in [0.05, 0.1) is 0 Å². The third-order valence-corrected chi connectivity index (χ3v) is 7.11. The van der Waals surface area contributed by atoms with Gasteiger partial charge in [-0.25, -0.2) is 13.6 Å². The third kappa shape index (κ3) is 2.31. The van der Waals surface area contributed by atoms with Gasteiger partial charge < -0.3 is 4.74 Å². The molecule has 0 spiro atoms. The normalized spacial score (nSPS) is 22.6. The first-order chi connectivity index (χ1) is 15.9. The monoisotopic (exact) mass is 445 g/mol. The Morgan fingerprint density at radius 3 is 2.52 bits per heavy atom. The summed E-state index contributed by atoms with van der Waals surface area (Å²) in [7, 11) is 0. The van der Waals surface area contributed by atoms with E-state index in [1.807, 2.05) is 82.5 Å². The first-order valence-corrected chi connectivity index (χ1v) is 10.9. The fourth-order valence-electron chi connectivity index (χ4n) is 5.61. The first kappa shape index (κ1) is 19.8. The highest BCUT2D eigenvalue weighted by atomic mass is 19.1. The number of esters is 1. The van der Waals surface area contributed by atoms with Crippen LogP contribution in [0.3, 0.4) is 0 Å². The number of benzene rings is 2. The molecule has 0 amide bonds. The Hall–Kier alpha value is -3.87. The van der Waals surface area contributed by atoms with Crippen molar-refractivity contribution in [1.82, 2.24) is 4.57 Å². The predicted molar refractivity (Wildman–Crippen MR) is 114 cm³/mol. The summed E-state index contributed by atoms with van der Waals surface area (Å²) in [4.78, 5) is 13.1. The van der Waals surface area contributed by atoms with Crippen molar-refractivity contribution in [2.45, 2.75) is 31.5 Å². The van der Waals surface area contributed by atoms with E-state index in [9.17, 15) is 9.18 Å². The Bertz CT molecular complexity index is 1450. The molecule has 2 aromatic carbocycles. The number of nitrogens with zero attached hydrogens (tertiary/aromatic N) is 3. The Morgan fingerprint density at radius 2 is 1.76 bits per heavy atom. The molecule has 0 saturated heterocycles. The fourth-order valence-corrected chi connectivity index (χ4v) is 5.61. The molecule has 0 N–H and O–H groups in total. The molecule has 0 aliphatic carbocycles. The molecular formula is C26H21F2N3O2+2. The molecule has 2 aliphatic rings. The van der Waals surface area contributed by atoms with Crippen molar-refractivity contribution in [2.24, 2.45) is 0 Å². The third-order valence-electron chi connectivity index (χ3n) is 7.11. The minimum atomic E-state index is -1.33. The summed E-state index contributed by atoms with van der Waals surface area (Å²) in [5, 5.41) is 0. The first-order valence-electron chi connectivity index (χ1n) is 10.9. The topological polar surface area (TPSA) is 39.0 Å². The Morgan fingerprint density at radius 1 is 1.00 bits per heavy atom. The quantitative estimate of drug-likeness (QED) is 0.346. The standard InChI is InChI=1S/C26H21F2N3O2/c1-3-26-19-15-17(27)16-20(28)22(19)23-29(18-9-5-4-6-10-18)13-14-31(23)25(26,2)30-12-8-7-11-21(30)24(32)33-26/h4-16H,3H2,1-2H3/q+2/t25-,26?/m1/s1. The molecule has 33 heavy (non-hydrogen) atoms. The maximum absolute atomic E-state index is 15.6. The van der Waals surface area contributed by atoms with Crippen LogP contribution in [0.25, 0.3) is 17.1 Å². The molecule has 5 nitrogen and oxygen atoms in total. The molecule has 0 radical (unpaired) electrons. The number of aromatic nitrogens is 3. The highest BCUT2D eigenvalue weighted by Gasteiger charge is 2.72. The number of hydrogen-bond donors (Lipinski definition) is 0. The fraction of sp³-hybridized carbons (Fsp3) is 0.192. The van der Waals surface area contributed by atoms with Crippen molar-refractivity contribution in [3.63, 3.8) is 0 Å². The molecule has 2 atom stereocenters. The number of hydrogen-bond acceptors (Lipinski definition) is 2. The predicted octanol–water partition coefficient (Wildman–Crippen LogP) is 4.01. The molecule has 4 heterocycles. The SMILES string of the molecule is CCC12OC(=O)c3cccc[n+]3[C@]1(C)[n+]1ccn(-c3ccccc3)c1-c1c(F)cc(F)cc12. The van der Waals surface area contributed by atoms with Crippen LogP contribution in [-0.4, -0.2) is 10.5 Å². The van der Waals surface area contributed by atoms with Gasteiger partial charge in [-0.05, 0) is 24.3 Å². The molecule has 164 valence electrons. The zero-order valence-electron chi connectivity index (χ0n) is 18.1. The lowest BCUT2D eigenvalue weighted by Crippen LogP contribution is -2.85. The molecule has 0 saturated carbocycles. The van der Waals surface area contributed by atoms with Gasteiger partial charge in [-0.15, -0.1) is 4.57 Å². The molecule has 1 unspecified atom stereocenters. The van der Waals surface area contributed by atoms with E-state index in [-0.39, 0.29) is 5.56 Å². The van der Waals surface area contributed by atoms with Crippen LogP contribution in [0.4, 0.5) is 8.78 Å². The summed E-state index contributed by atoms with van der Waals surface area (Å²) in [5.41, 5.74) is -0.611. The number of fused-ring (bicyclic) bond motifs is 8. The van der Waals surface area contributed by atoms with Crippen molar-refractivity contribution in [2.75, 3.05) is 0 Å². The van der Waals surface area contributed by atoms with E-state index in [0.717, 1.165) is 11.8 Å². The van der Waals surface area contributed by atoms with Crippen molar-refractivity contribution < 1.29 is 27.4 Å². The van der Waals surface area contributed by atoms with E-state index < -0.39 is 28.9 Å². The number of carbonyl (C=O) groups excluding carboxylic acids is 1. The second-order valence-corrected chi connectivity index (χ2v) is 8.55. The molecular weight excluding hydrogens is 424 g/mol. The molecule has 2 aliphatic heterocycles. The van der Waals surface area contributed by atoms with Gasteiger partial charge in [-0.1, -0.05) is 25.1 Å². The highest BCUT2D eigenvalue weighted by Crippen LogP contribution is 2.51. The average Bonchev–Trinajstić information content (AvgIpc) is 3.27. The van der Waals surface area contributed by atoms with E-state index in [0.29, 0.717) is 23.5 Å². The van der Waals surface area contributed by atoms with Gasteiger partial charge in [0.15, 0.2) is 6.20 Å². The highest BCUT2D eigenvalue weighted by molar-refractivity contribution is 5.87. The Labute approximate surface area is 189 Å². The van der Waals surface area contributed by atoms with Gasteiger partial charge in [-0.3, -0.25) is 0 Å². The Kier molecular flexibility index (Phi) is 3.94. The minimum Gasteiger partial charge on any atom is -0.434 e. The van der Waals surface area contributed by atoms with E-state index in [1.54, 1.807) is 12.1 Å². The van der Waals surface area contributed by atoms with Crippen LogP contribution in [0.5, 0.6) is 0 Å². The van der Waals surface area contributed by atoms with E-state index in [2.05, 4.69) is 0 Å². The number of para-hydroxylation sites is 1. The maximum atomic E-state index is 15.6. The summed E-state index contributed by atoms with van der Waals surface area (Å²) in [6.45, 7) is 3.81. The number of imidazole rings is 1. The zero-order chi connectivity index (χ0) is 23.0. The van der Waals surface area contributed by atoms with Gasteiger partial charge in [-0.2, -0.15) is 9.13 Å². The summed E-state index contributed by atoms with van der Waals surface area (Å²) in [6, 6.07) is 17.0. The second-order valence-electron chi connectivity index (χ2n) is 8.55. The van der Waals surface area contributed by atoms with E-state index in [1.165, 1.54) is 6.07 Å². The summed E-state index contributed by atoms with van der Waals surface area (Å²) in [5.74, 6) is -1.41. The lowest BCUT2D eigenvalue weighted by atomic mass is 9.73. The number of pyridine rings is 1. The summed E-state index contributed by atoms with van der Waals surface area (Å²) >= 11 is 0. The van der Waals surface area contributed by atoms with Crippen molar-refractivity contribution >= 4 is 5.97 Å². The van der Waals surface area contributed by atoms with Gasteiger partial charge in [0.1, 0.15) is 35.3 Å². The number of carbonyl (C=O) groups is 1. The number of rotatable bonds is 2. The van der Waals surface area contributed by atoms with Crippen LogP contribution in [0.15, 0.2) is 79.3 Å². The smallest absolute Gasteiger partial charge is 0.405 e. The average molecular weight is 445 g/mol. The van der Waals surface area contributed by atoms with Gasteiger partial charge in [0.2, 0.25) is 5.60 Å². The van der Waals surface area contributed by atoms with Crippen LogP contribution < -0.4 is 9.13 Å². The number of ether oxygens (including phenoxy) is 1. The van der Waals surface area contributed by atoms with Crippen LogP contribution in [0, 0.1) is 11.6 Å². The molecule has 0 fully saturated rings. The van der Waals surface area contributed by atoms with Crippen LogP contribution in [0.2, 0.25) is 0 Å². The molecule has 2 aromatic heterocycles. The molecule has 0 bridgehead atoms. The van der Waals surface area contributed by atoms with Crippen molar-refractivity contribution in [3.8, 4) is 17.1 Å². The largest absolute Gasteiger partial charge is 0.434 e. The van der Waals surface area contributed by atoms with E-state index >= 15 is 4.39 Å². The lowest BCUT2D eigenvalue weighted by molar-refractivity contribution is -1.01. The summed E-state index contributed by atoms with van der Waals surface area (Å²) < 4.78 is 42.0. The van der Waals surface area contributed by atoms with Crippen molar-refractivity contribution in [3.05, 3.63) is 102 Å². The molecule has 7 heteroatoms. The maximum Gasteiger partial charge on any atom is 0.405 e. The minimum absolute atomic E-state index is 0.220. The van der Waals surface area contributed by atoms with Crippen molar-refractivity contribution in [1.29, 1.82) is 0 Å². The number of halogens is 2. The second kappa shape index (κ2) is 6.57. The Balaban J connectivity index is 1.81. The lowest BCUT2D eigenvalue weighted by Gasteiger charge is -2.46. The van der Waals surface area contributed by atoms with Crippen LogP contribution in [0.1, 0.15) is 36.3 Å². The molecule has 6 rings (SSSR count).